The van der Waals surface area contributed by atoms with Crippen molar-refractivity contribution in [1.29, 1.82) is 0 Å². The van der Waals surface area contributed by atoms with Gasteiger partial charge in [-0.05, 0) is 69.7 Å². The number of nitrogens with zero attached hydrogens (tertiary/aromatic N) is 2. The Morgan fingerprint density at radius 3 is 2.82 bits per heavy atom. The Labute approximate surface area is 167 Å². The summed E-state index contributed by atoms with van der Waals surface area (Å²) in [6.07, 6.45) is 9.51. The molecule has 150 valence electrons. The number of fused-ring (bicyclic) bond motifs is 1. The number of aromatic nitrogens is 2. The molecule has 0 atom stereocenters. The third-order valence-corrected chi connectivity index (χ3v) is 5.28. The van der Waals surface area contributed by atoms with Crippen LogP contribution in [0.4, 0.5) is 0 Å². The molecule has 0 saturated carbocycles. The first kappa shape index (κ1) is 20.2. The van der Waals surface area contributed by atoms with Crippen molar-refractivity contribution in [3.05, 3.63) is 47.5 Å². The molecule has 3 rings (SSSR count). The number of rotatable bonds is 8. The molecule has 0 spiro atoms. The van der Waals surface area contributed by atoms with Gasteiger partial charge >= 0.3 is 5.97 Å². The average molecular weight is 383 g/mol. The van der Waals surface area contributed by atoms with Crippen molar-refractivity contribution in [3.8, 4) is 5.75 Å². The van der Waals surface area contributed by atoms with E-state index in [1.807, 2.05) is 46.3 Å². The molecule has 5 heteroatoms. The van der Waals surface area contributed by atoms with Crippen molar-refractivity contribution < 1.29 is 14.3 Å². The molecule has 0 unspecified atom stereocenters. The van der Waals surface area contributed by atoms with Crippen LogP contribution in [0.15, 0.2) is 30.6 Å². The number of hydrogen-bond donors (Lipinski definition) is 0. The SMILES string of the molecule is CCOC(=O)C(C)(C)CCCOc1cccc2c1C=C(c1nccn1C)CC2. The summed E-state index contributed by atoms with van der Waals surface area (Å²) in [5.41, 5.74) is 3.21. The second-order valence-corrected chi connectivity index (χ2v) is 7.92. The van der Waals surface area contributed by atoms with E-state index in [1.54, 1.807) is 0 Å². The minimum absolute atomic E-state index is 0.144. The van der Waals surface area contributed by atoms with Crippen LogP contribution >= 0.6 is 0 Å². The number of esters is 1. The fourth-order valence-corrected chi connectivity index (χ4v) is 3.59. The predicted molar refractivity (Wildman–Crippen MR) is 111 cm³/mol. The van der Waals surface area contributed by atoms with Crippen molar-refractivity contribution in [2.75, 3.05) is 13.2 Å². The van der Waals surface area contributed by atoms with E-state index in [0.717, 1.165) is 42.8 Å². The minimum Gasteiger partial charge on any atom is -0.493 e. The summed E-state index contributed by atoms with van der Waals surface area (Å²) in [5.74, 6) is 1.77. The maximum absolute atomic E-state index is 12.0. The van der Waals surface area contributed by atoms with Gasteiger partial charge in [0.05, 0.1) is 18.6 Å². The van der Waals surface area contributed by atoms with Gasteiger partial charge in [-0.15, -0.1) is 0 Å². The van der Waals surface area contributed by atoms with E-state index in [4.69, 9.17) is 9.47 Å². The van der Waals surface area contributed by atoms with Crippen LogP contribution in [0.1, 0.15) is 57.0 Å². The lowest BCUT2D eigenvalue weighted by atomic mass is 9.88. The summed E-state index contributed by atoms with van der Waals surface area (Å²) in [7, 11) is 2.02. The van der Waals surface area contributed by atoms with Gasteiger partial charge in [-0.3, -0.25) is 4.79 Å². The van der Waals surface area contributed by atoms with Gasteiger partial charge in [-0.25, -0.2) is 4.98 Å². The maximum atomic E-state index is 12.0. The lowest BCUT2D eigenvalue weighted by molar-refractivity contribution is -0.153. The Balaban J connectivity index is 1.66. The third kappa shape index (κ3) is 4.46. The average Bonchev–Trinajstić information content (AvgIpc) is 3.11. The van der Waals surface area contributed by atoms with Gasteiger partial charge in [0.1, 0.15) is 11.6 Å². The van der Waals surface area contributed by atoms with Gasteiger partial charge < -0.3 is 14.0 Å². The molecule has 1 heterocycles. The lowest BCUT2D eigenvalue weighted by Crippen LogP contribution is -2.27. The summed E-state index contributed by atoms with van der Waals surface area (Å²) in [5, 5.41) is 0. The zero-order valence-corrected chi connectivity index (χ0v) is 17.3. The Kier molecular flexibility index (Phi) is 6.22. The zero-order chi connectivity index (χ0) is 20.1. The molecule has 0 aliphatic heterocycles. The molecule has 1 aliphatic rings. The number of carbonyl (C=O) groups is 1. The van der Waals surface area contributed by atoms with E-state index >= 15 is 0 Å². The fraction of sp³-hybridized carbons (Fsp3) is 0.478. The first-order chi connectivity index (χ1) is 13.4. The van der Waals surface area contributed by atoms with Crippen LogP contribution in [-0.2, 0) is 23.0 Å². The third-order valence-electron chi connectivity index (χ3n) is 5.28. The van der Waals surface area contributed by atoms with E-state index < -0.39 is 5.41 Å². The number of carbonyl (C=O) groups excluding carboxylic acids is 1. The van der Waals surface area contributed by atoms with Gasteiger partial charge in [-0.2, -0.15) is 0 Å². The van der Waals surface area contributed by atoms with E-state index in [0.29, 0.717) is 13.2 Å². The highest BCUT2D eigenvalue weighted by atomic mass is 16.5. The molecular weight excluding hydrogens is 352 g/mol. The summed E-state index contributed by atoms with van der Waals surface area (Å²) < 4.78 is 13.3. The Bertz CT molecular complexity index is 864. The van der Waals surface area contributed by atoms with Crippen molar-refractivity contribution in [2.45, 2.75) is 46.5 Å². The first-order valence-electron chi connectivity index (χ1n) is 10.0. The van der Waals surface area contributed by atoms with Crippen molar-refractivity contribution in [2.24, 2.45) is 12.5 Å². The molecule has 0 radical (unpaired) electrons. The monoisotopic (exact) mass is 382 g/mol. The van der Waals surface area contributed by atoms with Crippen LogP contribution in [-0.4, -0.2) is 28.7 Å². The van der Waals surface area contributed by atoms with Crippen LogP contribution < -0.4 is 4.74 Å². The molecule has 2 aromatic rings. The highest BCUT2D eigenvalue weighted by Gasteiger charge is 2.28. The van der Waals surface area contributed by atoms with E-state index in [1.165, 1.54) is 11.1 Å². The zero-order valence-electron chi connectivity index (χ0n) is 17.3. The molecule has 5 nitrogen and oxygen atoms in total. The van der Waals surface area contributed by atoms with Crippen LogP contribution in [0.2, 0.25) is 0 Å². The highest BCUT2D eigenvalue weighted by Crippen LogP contribution is 2.35. The predicted octanol–water partition coefficient (Wildman–Crippen LogP) is 4.66. The molecule has 28 heavy (non-hydrogen) atoms. The molecule has 0 N–H and O–H groups in total. The summed E-state index contributed by atoms with van der Waals surface area (Å²) in [6.45, 7) is 6.68. The fourth-order valence-electron chi connectivity index (χ4n) is 3.59. The van der Waals surface area contributed by atoms with Gasteiger partial charge in [0, 0.05) is 25.0 Å². The molecule has 1 aromatic heterocycles. The topological polar surface area (TPSA) is 53.4 Å². The number of benzene rings is 1. The summed E-state index contributed by atoms with van der Waals surface area (Å²) >= 11 is 0. The molecule has 0 amide bonds. The molecule has 0 bridgehead atoms. The lowest BCUT2D eigenvalue weighted by Gasteiger charge is -2.23. The van der Waals surface area contributed by atoms with Crippen LogP contribution in [0, 0.1) is 5.41 Å². The maximum Gasteiger partial charge on any atom is 0.311 e. The number of hydrogen-bond acceptors (Lipinski definition) is 4. The second kappa shape index (κ2) is 8.63. The summed E-state index contributed by atoms with van der Waals surface area (Å²) in [4.78, 5) is 16.5. The largest absolute Gasteiger partial charge is 0.493 e. The van der Waals surface area contributed by atoms with Crippen LogP contribution in [0.25, 0.3) is 11.6 Å². The molecule has 0 saturated heterocycles. The Hall–Kier alpha value is -2.56. The van der Waals surface area contributed by atoms with Crippen molar-refractivity contribution >= 4 is 17.6 Å². The quantitative estimate of drug-likeness (QED) is 0.492. The van der Waals surface area contributed by atoms with E-state index in [2.05, 4.69) is 27.8 Å². The second-order valence-electron chi connectivity index (χ2n) is 7.92. The minimum atomic E-state index is -0.485. The molecular formula is C23H30N2O3. The molecule has 1 aliphatic carbocycles. The van der Waals surface area contributed by atoms with Crippen LogP contribution in [0.5, 0.6) is 5.75 Å². The summed E-state index contributed by atoms with van der Waals surface area (Å²) in [6, 6.07) is 6.24. The van der Waals surface area contributed by atoms with E-state index in [9.17, 15) is 4.79 Å². The molecule has 1 aromatic carbocycles. The van der Waals surface area contributed by atoms with Gasteiger partial charge in [-0.1, -0.05) is 12.1 Å². The van der Waals surface area contributed by atoms with Gasteiger partial charge in [0.25, 0.3) is 0 Å². The number of aryl methyl sites for hydroxylation is 2. The first-order valence-corrected chi connectivity index (χ1v) is 10.0. The van der Waals surface area contributed by atoms with Gasteiger partial charge in [0.15, 0.2) is 0 Å². The van der Waals surface area contributed by atoms with Crippen molar-refractivity contribution in [1.82, 2.24) is 9.55 Å². The Morgan fingerprint density at radius 2 is 2.11 bits per heavy atom. The smallest absolute Gasteiger partial charge is 0.311 e. The van der Waals surface area contributed by atoms with Crippen molar-refractivity contribution in [3.63, 3.8) is 0 Å². The van der Waals surface area contributed by atoms with Gasteiger partial charge in [0.2, 0.25) is 0 Å². The number of ether oxygens (including phenoxy) is 2. The normalized spacial score (nSPS) is 13.6. The van der Waals surface area contributed by atoms with E-state index in [-0.39, 0.29) is 5.97 Å². The van der Waals surface area contributed by atoms with Crippen LogP contribution in [0.3, 0.4) is 0 Å². The number of imidazole rings is 1. The molecule has 0 fully saturated rings. The number of allylic oxidation sites excluding steroid dienone is 1. The highest BCUT2D eigenvalue weighted by molar-refractivity contribution is 5.84. The standard InChI is InChI=1S/C23H30N2O3/c1-5-27-22(26)23(2,3)12-7-15-28-20-9-6-8-17-10-11-18(16-19(17)20)21-24-13-14-25(21)4/h6,8-9,13-14,16H,5,7,10-12,15H2,1-4H3. The Morgan fingerprint density at radius 1 is 1.29 bits per heavy atom.